The van der Waals surface area contributed by atoms with Gasteiger partial charge in [-0.25, -0.2) is 4.39 Å². The molecular weight excluding hydrogens is 319 g/mol. The van der Waals surface area contributed by atoms with Gasteiger partial charge >= 0.3 is 0 Å². The average molecular weight is 332 g/mol. The van der Waals surface area contributed by atoms with Gasteiger partial charge in [-0.05, 0) is 41.1 Å². The summed E-state index contributed by atoms with van der Waals surface area (Å²) >= 11 is 0. The van der Waals surface area contributed by atoms with Gasteiger partial charge in [-0.1, -0.05) is 36.4 Å². The molecule has 3 aromatic carbocycles. The van der Waals surface area contributed by atoms with Crippen molar-refractivity contribution in [3.8, 4) is 11.3 Å². The summed E-state index contributed by atoms with van der Waals surface area (Å²) in [6.45, 7) is 0. The van der Waals surface area contributed by atoms with E-state index in [1.165, 1.54) is 24.3 Å². The van der Waals surface area contributed by atoms with Gasteiger partial charge in [-0.3, -0.25) is 15.0 Å². The molecule has 0 saturated heterocycles. The SMILES string of the molecule is O=c1[nH][nH]c(-c2ccc3ccccc3c2)c1N=Nc1ccc(F)cc1. The minimum Gasteiger partial charge on any atom is -0.295 e. The van der Waals surface area contributed by atoms with Crippen molar-refractivity contribution in [1.82, 2.24) is 10.2 Å². The molecule has 0 aliphatic heterocycles. The lowest BCUT2D eigenvalue weighted by atomic mass is 10.0. The summed E-state index contributed by atoms with van der Waals surface area (Å²) in [5.74, 6) is -0.352. The fraction of sp³-hybridized carbons (Fsp3) is 0. The minimum absolute atomic E-state index is 0.180. The molecule has 0 fully saturated rings. The Morgan fingerprint density at radius 2 is 1.56 bits per heavy atom. The molecule has 4 rings (SSSR count). The Kier molecular flexibility index (Phi) is 3.70. The van der Waals surface area contributed by atoms with Crippen LogP contribution in [0.4, 0.5) is 15.8 Å². The zero-order valence-electron chi connectivity index (χ0n) is 13.0. The van der Waals surface area contributed by atoms with Crippen LogP contribution in [0.2, 0.25) is 0 Å². The fourth-order valence-corrected chi connectivity index (χ4v) is 2.62. The van der Waals surface area contributed by atoms with Gasteiger partial charge in [-0.2, -0.15) is 5.11 Å². The van der Waals surface area contributed by atoms with E-state index in [-0.39, 0.29) is 17.1 Å². The number of hydrogen-bond donors (Lipinski definition) is 2. The number of hydrogen-bond acceptors (Lipinski definition) is 3. The van der Waals surface area contributed by atoms with Crippen LogP contribution in [0.1, 0.15) is 0 Å². The van der Waals surface area contributed by atoms with E-state index in [0.717, 1.165) is 16.3 Å². The smallest absolute Gasteiger partial charge is 0.292 e. The predicted octanol–water partition coefficient (Wildman–Crippen LogP) is 5.08. The van der Waals surface area contributed by atoms with E-state index >= 15 is 0 Å². The molecule has 4 aromatic rings. The lowest BCUT2D eigenvalue weighted by Crippen LogP contribution is -1.96. The quantitative estimate of drug-likeness (QED) is 0.505. The van der Waals surface area contributed by atoms with Crippen LogP contribution in [-0.2, 0) is 0 Å². The zero-order chi connectivity index (χ0) is 17.2. The molecule has 122 valence electrons. The van der Waals surface area contributed by atoms with Crippen LogP contribution < -0.4 is 5.56 Å². The van der Waals surface area contributed by atoms with Crippen molar-refractivity contribution < 1.29 is 4.39 Å². The van der Waals surface area contributed by atoms with Crippen molar-refractivity contribution >= 4 is 22.1 Å². The Morgan fingerprint density at radius 1 is 0.800 bits per heavy atom. The maximum atomic E-state index is 12.9. The summed E-state index contributed by atoms with van der Waals surface area (Å²) in [6, 6.07) is 19.4. The van der Waals surface area contributed by atoms with Crippen LogP contribution in [-0.4, -0.2) is 10.2 Å². The molecule has 1 heterocycles. The van der Waals surface area contributed by atoms with Crippen molar-refractivity contribution in [1.29, 1.82) is 0 Å². The lowest BCUT2D eigenvalue weighted by Gasteiger charge is -2.02. The van der Waals surface area contributed by atoms with E-state index in [1.54, 1.807) is 0 Å². The van der Waals surface area contributed by atoms with E-state index in [1.807, 2.05) is 42.5 Å². The normalized spacial score (nSPS) is 11.4. The van der Waals surface area contributed by atoms with Crippen molar-refractivity contribution in [2.24, 2.45) is 10.2 Å². The van der Waals surface area contributed by atoms with E-state index in [2.05, 4.69) is 20.4 Å². The molecule has 0 atom stereocenters. The van der Waals surface area contributed by atoms with Crippen LogP contribution >= 0.6 is 0 Å². The maximum absolute atomic E-state index is 12.9. The molecule has 0 bridgehead atoms. The highest BCUT2D eigenvalue weighted by Crippen LogP contribution is 2.29. The van der Waals surface area contributed by atoms with Gasteiger partial charge in [0, 0.05) is 5.56 Å². The minimum atomic E-state index is -0.367. The molecule has 1 aromatic heterocycles. The molecule has 0 aliphatic carbocycles. The van der Waals surface area contributed by atoms with Gasteiger partial charge in [-0.15, -0.1) is 5.11 Å². The number of fused-ring (bicyclic) bond motifs is 1. The molecule has 25 heavy (non-hydrogen) atoms. The Bertz CT molecular complexity index is 1130. The Labute approximate surface area is 141 Å². The number of aromatic amines is 2. The van der Waals surface area contributed by atoms with Crippen molar-refractivity contribution in [3.63, 3.8) is 0 Å². The van der Waals surface area contributed by atoms with E-state index in [9.17, 15) is 9.18 Å². The van der Waals surface area contributed by atoms with Gasteiger partial charge in [0.2, 0.25) is 0 Å². The number of azo groups is 1. The summed E-state index contributed by atoms with van der Waals surface area (Å²) in [4.78, 5) is 12.1. The topological polar surface area (TPSA) is 73.4 Å². The van der Waals surface area contributed by atoms with Crippen LogP contribution in [0, 0.1) is 5.82 Å². The van der Waals surface area contributed by atoms with Crippen molar-refractivity contribution in [2.75, 3.05) is 0 Å². The number of nitrogens with one attached hydrogen (secondary N) is 2. The number of aromatic nitrogens is 2. The molecule has 0 spiro atoms. The van der Waals surface area contributed by atoms with E-state index in [0.29, 0.717) is 11.4 Å². The third kappa shape index (κ3) is 2.97. The highest BCUT2D eigenvalue weighted by Gasteiger charge is 2.12. The molecule has 0 saturated carbocycles. The summed E-state index contributed by atoms with van der Waals surface area (Å²) in [5.41, 5.74) is 1.66. The van der Waals surface area contributed by atoms with Crippen LogP contribution in [0.25, 0.3) is 22.0 Å². The van der Waals surface area contributed by atoms with Gasteiger partial charge in [0.25, 0.3) is 5.56 Å². The summed E-state index contributed by atoms with van der Waals surface area (Å²) < 4.78 is 12.9. The molecule has 6 heteroatoms. The monoisotopic (exact) mass is 332 g/mol. The summed E-state index contributed by atoms with van der Waals surface area (Å²) in [5, 5.41) is 15.6. The molecular formula is C19H13FN4O. The van der Waals surface area contributed by atoms with Gasteiger partial charge in [0.15, 0.2) is 5.69 Å². The fourth-order valence-electron chi connectivity index (χ4n) is 2.62. The predicted molar refractivity (Wildman–Crippen MR) is 94.9 cm³/mol. The summed E-state index contributed by atoms with van der Waals surface area (Å²) in [6.07, 6.45) is 0. The van der Waals surface area contributed by atoms with Crippen molar-refractivity contribution in [3.05, 3.63) is 82.9 Å². The first-order valence-corrected chi connectivity index (χ1v) is 7.68. The third-order valence-electron chi connectivity index (χ3n) is 3.88. The maximum Gasteiger partial charge on any atom is 0.292 e. The average Bonchev–Trinajstić information content (AvgIpc) is 3.01. The van der Waals surface area contributed by atoms with Crippen LogP contribution in [0.15, 0.2) is 81.8 Å². The number of nitrogens with zero attached hydrogens (tertiary/aromatic N) is 2. The molecule has 0 amide bonds. The van der Waals surface area contributed by atoms with Crippen LogP contribution in [0.5, 0.6) is 0 Å². The molecule has 2 N–H and O–H groups in total. The Hall–Kier alpha value is -3.54. The molecule has 0 aliphatic rings. The Morgan fingerprint density at radius 3 is 2.36 bits per heavy atom. The number of H-pyrrole nitrogens is 2. The lowest BCUT2D eigenvalue weighted by molar-refractivity contribution is 0.628. The second kappa shape index (κ2) is 6.16. The molecule has 0 unspecified atom stereocenters. The third-order valence-corrected chi connectivity index (χ3v) is 3.88. The van der Waals surface area contributed by atoms with Gasteiger partial charge in [0.1, 0.15) is 5.82 Å². The largest absolute Gasteiger partial charge is 0.295 e. The molecule has 5 nitrogen and oxygen atoms in total. The van der Waals surface area contributed by atoms with E-state index in [4.69, 9.17) is 0 Å². The highest BCUT2D eigenvalue weighted by atomic mass is 19.1. The second-order valence-electron chi connectivity index (χ2n) is 5.54. The second-order valence-corrected chi connectivity index (χ2v) is 5.54. The van der Waals surface area contributed by atoms with E-state index < -0.39 is 0 Å². The highest BCUT2D eigenvalue weighted by molar-refractivity contribution is 5.88. The number of halogens is 1. The van der Waals surface area contributed by atoms with Crippen LogP contribution in [0.3, 0.4) is 0 Å². The number of rotatable bonds is 3. The number of benzene rings is 3. The summed E-state index contributed by atoms with van der Waals surface area (Å²) in [7, 11) is 0. The first kappa shape index (κ1) is 15.0. The first-order chi connectivity index (χ1) is 12.2. The Balaban J connectivity index is 1.76. The molecule has 0 radical (unpaired) electrons. The van der Waals surface area contributed by atoms with Gasteiger partial charge in [0.05, 0.1) is 11.4 Å². The standard InChI is InChI=1S/C19H13FN4O/c20-15-7-9-16(10-8-15)21-23-18-17(22-24-19(18)25)14-6-5-12-3-1-2-4-13(12)11-14/h1-11H,(H2,22,24,25). The van der Waals surface area contributed by atoms with Gasteiger partial charge < -0.3 is 0 Å². The van der Waals surface area contributed by atoms with Crippen molar-refractivity contribution in [2.45, 2.75) is 0 Å². The zero-order valence-corrected chi connectivity index (χ0v) is 13.0. The first-order valence-electron chi connectivity index (χ1n) is 7.68.